The molecule has 1 atom stereocenters. The first kappa shape index (κ1) is 10.4. The van der Waals surface area contributed by atoms with Crippen LogP contribution < -0.4 is 5.73 Å². The van der Waals surface area contributed by atoms with Gasteiger partial charge in [-0.15, -0.1) is 0 Å². The zero-order valence-electron chi connectivity index (χ0n) is 8.62. The molecule has 3 heteroatoms. The highest BCUT2D eigenvalue weighted by Gasteiger charge is 2.38. The van der Waals surface area contributed by atoms with Crippen LogP contribution in [0.25, 0.3) is 0 Å². The summed E-state index contributed by atoms with van der Waals surface area (Å²) in [4.78, 5) is 0. The van der Waals surface area contributed by atoms with Crippen LogP contribution in [0, 0.1) is 0 Å². The Labute approximate surface area is 88.9 Å². The van der Waals surface area contributed by atoms with Gasteiger partial charge in [0.1, 0.15) is 11.9 Å². The van der Waals surface area contributed by atoms with Crippen molar-refractivity contribution >= 4 is 0 Å². The molecule has 1 fully saturated rings. The molecular formula is C12H16FNO. The third kappa shape index (κ3) is 1.97. The molecule has 2 rings (SSSR count). The number of halogens is 1. The van der Waals surface area contributed by atoms with Gasteiger partial charge in [-0.1, -0.05) is 25.0 Å². The van der Waals surface area contributed by atoms with Crippen LogP contribution in [-0.4, -0.2) is 10.6 Å². The van der Waals surface area contributed by atoms with E-state index in [1.165, 1.54) is 12.1 Å². The Morgan fingerprint density at radius 3 is 2.27 bits per heavy atom. The second-order valence-corrected chi connectivity index (χ2v) is 4.39. The first-order valence-electron chi connectivity index (χ1n) is 5.34. The number of phenolic OH excluding ortho intramolecular Hbond substituents is 1. The molecule has 0 heterocycles. The topological polar surface area (TPSA) is 46.2 Å². The van der Waals surface area contributed by atoms with Crippen molar-refractivity contribution in [2.45, 2.75) is 37.4 Å². The van der Waals surface area contributed by atoms with E-state index in [0.717, 1.165) is 25.7 Å². The third-order valence-corrected chi connectivity index (χ3v) is 3.22. The summed E-state index contributed by atoms with van der Waals surface area (Å²) in [5.74, 6) is 0.156. The van der Waals surface area contributed by atoms with E-state index in [2.05, 4.69) is 0 Å². The summed E-state index contributed by atoms with van der Waals surface area (Å²) in [6.45, 7) is 0. The summed E-state index contributed by atoms with van der Waals surface area (Å²) < 4.78 is 14.1. The van der Waals surface area contributed by atoms with Crippen LogP contribution >= 0.6 is 0 Å². The Morgan fingerprint density at radius 2 is 1.73 bits per heavy atom. The summed E-state index contributed by atoms with van der Waals surface area (Å²) in [5.41, 5.74) is 5.90. The monoisotopic (exact) mass is 209 g/mol. The van der Waals surface area contributed by atoms with Gasteiger partial charge in [0.05, 0.1) is 5.54 Å². The van der Waals surface area contributed by atoms with Gasteiger partial charge in [-0.2, -0.15) is 0 Å². The molecule has 0 bridgehead atoms. The van der Waals surface area contributed by atoms with Gasteiger partial charge in [0.15, 0.2) is 0 Å². The molecule has 1 saturated carbocycles. The second kappa shape index (κ2) is 3.81. The molecule has 0 saturated heterocycles. The van der Waals surface area contributed by atoms with Crippen molar-refractivity contribution in [1.29, 1.82) is 0 Å². The SMILES string of the molecule is NC1(C(F)c2ccc(O)cc2)CCCC1. The third-order valence-electron chi connectivity index (χ3n) is 3.22. The number of hydrogen-bond acceptors (Lipinski definition) is 2. The van der Waals surface area contributed by atoms with E-state index < -0.39 is 11.7 Å². The molecule has 3 N–H and O–H groups in total. The highest BCUT2D eigenvalue weighted by molar-refractivity contribution is 5.29. The van der Waals surface area contributed by atoms with E-state index in [1.54, 1.807) is 12.1 Å². The van der Waals surface area contributed by atoms with Crippen molar-refractivity contribution in [3.63, 3.8) is 0 Å². The number of nitrogens with two attached hydrogens (primary N) is 1. The normalized spacial score (nSPS) is 21.5. The van der Waals surface area contributed by atoms with Gasteiger partial charge in [-0.3, -0.25) is 0 Å². The van der Waals surface area contributed by atoms with Gasteiger partial charge >= 0.3 is 0 Å². The maximum atomic E-state index is 14.1. The van der Waals surface area contributed by atoms with Crippen molar-refractivity contribution in [2.24, 2.45) is 5.73 Å². The van der Waals surface area contributed by atoms with E-state index in [1.807, 2.05) is 0 Å². The van der Waals surface area contributed by atoms with Crippen molar-refractivity contribution < 1.29 is 9.50 Å². The van der Waals surface area contributed by atoms with Crippen LogP contribution in [0.3, 0.4) is 0 Å². The van der Waals surface area contributed by atoms with Gasteiger partial charge < -0.3 is 10.8 Å². The Kier molecular flexibility index (Phi) is 2.65. The maximum Gasteiger partial charge on any atom is 0.143 e. The standard InChI is InChI=1S/C12H16FNO/c13-11(12(14)7-1-2-8-12)9-3-5-10(15)6-4-9/h3-6,11,15H,1-2,7-8,14H2. The fraction of sp³-hybridized carbons (Fsp3) is 0.500. The number of alkyl halides is 1. The molecule has 1 unspecified atom stereocenters. The van der Waals surface area contributed by atoms with Crippen molar-refractivity contribution in [3.05, 3.63) is 29.8 Å². The van der Waals surface area contributed by atoms with Gasteiger partial charge in [0, 0.05) is 0 Å². The molecule has 1 aromatic rings. The summed E-state index contributed by atoms with van der Waals surface area (Å²) in [6.07, 6.45) is 2.38. The minimum Gasteiger partial charge on any atom is -0.508 e. The lowest BCUT2D eigenvalue weighted by Crippen LogP contribution is -2.41. The average molecular weight is 209 g/mol. The second-order valence-electron chi connectivity index (χ2n) is 4.39. The van der Waals surface area contributed by atoms with Crippen LogP contribution in [-0.2, 0) is 0 Å². The summed E-state index contributed by atoms with van der Waals surface area (Å²) in [6, 6.07) is 6.21. The minimum atomic E-state index is -1.12. The van der Waals surface area contributed by atoms with Crippen LogP contribution in [0.5, 0.6) is 5.75 Å². The Bertz CT molecular complexity index is 330. The number of phenols is 1. The van der Waals surface area contributed by atoms with E-state index in [0.29, 0.717) is 5.56 Å². The van der Waals surface area contributed by atoms with Crippen LogP contribution in [0.2, 0.25) is 0 Å². The van der Waals surface area contributed by atoms with E-state index in [4.69, 9.17) is 10.8 Å². The van der Waals surface area contributed by atoms with E-state index in [9.17, 15) is 4.39 Å². The number of rotatable bonds is 2. The molecule has 0 spiro atoms. The number of hydrogen-bond donors (Lipinski definition) is 2. The molecule has 0 aliphatic heterocycles. The zero-order chi connectivity index (χ0) is 10.9. The molecule has 15 heavy (non-hydrogen) atoms. The zero-order valence-corrected chi connectivity index (χ0v) is 8.62. The first-order valence-corrected chi connectivity index (χ1v) is 5.34. The van der Waals surface area contributed by atoms with Crippen LogP contribution in [0.1, 0.15) is 37.4 Å². The molecule has 1 aliphatic carbocycles. The lowest BCUT2D eigenvalue weighted by Gasteiger charge is -2.28. The summed E-state index contributed by atoms with van der Waals surface area (Å²) in [5, 5.41) is 9.11. The summed E-state index contributed by atoms with van der Waals surface area (Å²) >= 11 is 0. The lowest BCUT2D eigenvalue weighted by atomic mass is 9.88. The highest BCUT2D eigenvalue weighted by atomic mass is 19.1. The Hall–Kier alpha value is -1.09. The predicted molar refractivity (Wildman–Crippen MR) is 57.3 cm³/mol. The fourth-order valence-electron chi connectivity index (χ4n) is 2.26. The van der Waals surface area contributed by atoms with Gasteiger partial charge in [-0.05, 0) is 30.5 Å². The van der Waals surface area contributed by atoms with Crippen molar-refractivity contribution in [2.75, 3.05) is 0 Å². The van der Waals surface area contributed by atoms with E-state index >= 15 is 0 Å². The largest absolute Gasteiger partial charge is 0.508 e. The average Bonchev–Trinajstić information content (AvgIpc) is 2.67. The maximum absolute atomic E-state index is 14.1. The summed E-state index contributed by atoms with van der Waals surface area (Å²) in [7, 11) is 0. The van der Waals surface area contributed by atoms with Crippen LogP contribution in [0.15, 0.2) is 24.3 Å². The number of benzene rings is 1. The molecule has 0 aromatic heterocycles. The molecular weight excluding hydrogens is 193 g/mol. The van der Waals surface area contributed by atoms with Crippen LogP contribution in [0.4, 0.5) is 4.39 Å². The fourth-order valence-corrected chi connectivity index (χ4v) is 2.26. The first-order chi connectivity index (χ1) is 7.12. The van der Waals surface area contributed by atoms with Crippen molar-refractivity contribution in [1.82, 2.24) is 0 Å². The van der Waals surface area contributed by atoms with Gasteiger partial charge in [0.25, 0.3) is 0 Å². The Morgan fingerprint density at radius 1 is 1.20 bits per heavy atom. The smallest absolute Gasteiger partial charge is 0.143 e. The molecule has 0 amide bonds. The molecule has 82 valence electrons. The van der Waals surface area contributed by atoms with Gasteiger partial charge in [0.2, 0.25) is 0 Å². The highest BCUT2D eigenvalue weighted by Crippen LogP contribution is 2.40. The quantitative estimate of drug-likeness (QED) is 0.786. The van der Waals surface area contributed by atoms with Crippen molar-refractivity contribution in [3.8, 4) is 5.75 Å². The number of aromatic hydroxyl groups is 1. The molecule has 1 aromatic carbocycles. The molecule has 0 radical (unpaired) electrons. The molecule has 1 aliphatic rings. The Balaban J connectivity index is 2.19. The molecule has 2 nitrogen and oxygen atoms in total. The predicted octanol–water partition coefficient (Wildman–Crippen LogP) is 2.67. The van der Waals surface area contributed by atoms with Gasteiger partial charge in [-0.25, -0.2) is 4.39 Å². The lowest BCUT2D eigenvalue weighted by molar-refractivity contribution is 0.194. The van der Waals surface area contributed by atoms with E-state index in [-0.39, 0.29) is 5.75 Å². The minimum absolute atomic E-state index is 0.156.